The first-order valence-electron chi connectivity index (χ1n) is 14.5. The second-order valence-electron chi connectivity index (χ2n) is 11.4. The average molecular weight is 470 g/mol. The number of anilines is 2. The van der Waals surface area contributed by atoms with Crippen molar-refractivity contribution in [3.05, 3.63) is 23.8 Å². The molecule has 0 amide bonds. The van der Waals surface area contributed by atoms with Gasteiger partial charge in [0.2, 0.25) is 0 Å². The zero-order valence-electron chi connectivity index (χ0n) is 22.7. The van der Waals surface area contributed by atoms with Gasteiger partial charge in [0.25, 0.3) is 0 Å². The van der Waals surface area contributed by atoms with Crippen LogP contribution < -0.4 is 9.80 Å². The summed E-state index contributed by atoms with van der Waals surface area (Å²) in [7, 11) is 1.85. The van der Waals surface area contributed by atoms with Crippen LogP contribution in [0.2, 0.25) is 0 Å². The summed E-state index contributed by atoms with van der Waals surface area (Å²) in [6.07, 6.45) is 13.4. The Morgan fingerprint density at radius 1 is 0.941 bits per heavy atom. The fourth-order valence-corrected chi connectivity index (χ4v) is 6.97. The maximum absolute atomic E-state index is 5.57. The van der Waals surface area contributed by atoms with Gasteiger partial charge in [0, 0.05) is 51.2 Å². The van der Waals surface area contributed by atoms with Gasteiger partial charge in [-0.25, -0.2) is 0 Å². The standard InChI is InChI=1S/C30H51N3O/c1-5-8-17-31-19-21-32(22-20-31)29-12-11-26(33-18-9-10-27(33)24-34-4)23-28(29)25-13-15-30(6-2,7-3)16-14-25/h11-12,23,25,27H,5-10,13-22,24H2,1-4H3. The predicted molar refractivity (Wildman–Crippen MR) is 146 cm³/mol. The fraction of sp³-hybridized carbons (Fsp3) is 0.800. The molecule has 1 unspecified atom stereocenters. The van der Waals surface area contributed by atoms with Crippen molar-refractivity contribution < 1.29 is 4.74 Å². The number of methoxy groups -OCH3 is 1. The van der Waals surface area contributed by atoms with E-state index in [9.17, 15) is 0 Å². The van der Waals surface area contributed by atoms with E-state index in [-0.39, 0.29) is 0 Å². The third kappa shape index (κ3) is 5.75. The molecule has 4 heteroatoms. The minimum Gasteiger partial charge on any atom is -0.383 e. The number of nitrogens with zero attached hydrogens (tertiary/aromatic N) is 3. The Hall–Kier alpha value is -1.26. The van der Waals surface area contributed by atoms with Crippen molar-refractivity contribution in [2.24, 2.45) is 5.41 Å². The van der Waals surface area contributed by atoms with E-state index in [4.69, 9.17) is 4.74 Å². The molecule has 0 spiro atoms. The summed E-state index contributed by atoms with van der Waals surface area (Å²) in [6.45, 7) is 15.2. The van der Waals surface area contributed by atoms with E-state index in [0.717, 1.165) is 6.61 Å². The highest BCUT2D eigenvalue weighted by Gasteiger charge is 2.35. The summed E-state index contributed by atoms with van der Waals surface area (Å²) in [5.41, 5.74) is 5.20. The molecule has 0 radical (unpaired) electrons. The molecule has 34 heavy (non-hydrogen) atoms. The van der Waals surface area contributed by atoms with Crippen molar-refractivity contribution in [2.45, 2.75) is 96.9 Å². The third-order valence-corrected chi connectivity index (χ3v) is 9.61. The lowest BCUT2D eigenvalue weighted by Crippen LogP contribution is -2.47. The molecule has 4 nitrogen and oxygen atoms in total. The summed E-state index contributed by atoms with van der Waals surface area (Å²) in [5, 5.41) is 0. The van der Waals surface area contributed by atoms with E-state index in [2.05, 4.69) is 53.7 Å². The Balaban J connectivity index is 1.56. The van der Waals surface area contributed by atoms with Gasteiger partial charge >= 0.3 is 0 Å². The minimum atomic E-state index is 0.532. The summed E-state index contributed by atoms with van der Waals surface area (Å²) < 4.78 is 5.57. The molecular weight excluding hydrogens is 418 g/mol. The second-order valence-corrected chi connectivity index (χ2v) is 11.4. The Bertz CT molecular complexity index is 743. The first-order chi connectivity index (χ1) is 16.6. The van der Waals surface area contributed by atoms with Gasteiger partial charge in [0.15, 0.2) is 0 Å². The molecular formula is C30H51N3O. The lowest BCUT2D eigenvalue weighted by atomic mass is 9.66. The van der Waals surface area contributed by atoms with Crippen LogP contribution in [-0.2, 0) is 4.74 Å². The molecule has 1 aromatic carbocycles. The van der Waals surface area contributed by atoms with E-state index < -0.39 is 0 Å². The van der Waals surface area contributed by atoms with E-state index in [1.165, 1.54) is 115 Å². The third-order valence-electron chi connectivity index (χ3n) is 9.61. The van der Waals surface area contributed by atoms with Crippen LogP contribution >= 0.6 is 0 Å². The number of hydrogen-bond acceptors (Lipinski definition) is 4. The quantitative estimate of drug-likeness (QED) is 0.380. The molecule has 2 heterocycles. The first kappa shape index (κ1) is 25.8. The maximum Gasteiger partial charge on any atom is 0.0666 e. The summed E-state index contributed by atoms with van der Waals surface area (Å²) in [5.74, 6) is 0.711. The zero-order valence-corrected chi connectivity index (χ0v) is 22.7. The van der Waals surface area contributed by atoms with Crippen LogP contribution in [0.4, 0.5) is 11.4 Å². The van der Waals surface area contributed by atoms with Gasteiger partial charge in [0.1, 0.15) is 0 Å². The van der Waals surface area contributed by atoms with E-state index >= 15 is 0 Å². The van der Waals surface area contributed by atoms with Gasteiger partial charge in [-0.15, -0.1) is 0 Å². The zero-order chi connectivity index (χ0) is 24.0. The Labute approximate surface area is 210 Å². The normalized spacial score (nSPS) is 24.2. The molecule has 0 N–H and O–H groups in total. The van der Waals surface area contributed by atoms with Gasteiger partial charge in [-0.1, -0.05) is 40.0 Å². The van der Waals surface area contributed by atoms with Crippen LogP contribution in [0.25, 0.3) is 0 Å². The average Bonchev–Trinajstić information content (AvgIpc) is 3.36. The summed E-state index contributed by atoms with van der Waals surface area (Å²) in [6, 6.07) is 8.03. The summed E-state index contributed by atoms with van der Waals surface area (Å²) >= 11 is 0. The lowest BCUT2D eigenvalue weighted by molar-refractivity contribution is 0.159. The number of rotatable bonds is 10. The summed E-state index contributed by atoms with van der Waals surface area (Å²) in [4.78, 5) is 8.01. The molecule has 3 fully saturated rings. The van der Waals surface area contributed by atoms with Crippen molar-refractivity contribution in [3.63, 3.8) is 0 Å². The molecule has 0 bridgehead atoms. The van der Waals surface area contributed by atoms with Gasteiger partial charge in [-0.3, -0.25) is 4.90 Å². The number of unbranched alkanes of at least 4 members (excludes halogenated alkanes) is 1. The van der Waals surface area contributed by atoms with Crippen molar-refractivity contribution in [1.29, 1.82) is 0 Å². The monoisotopic (exact) mass is 469 g/mol. The van der Waals surface area contributed by atoms with E-state index in [1.54, 1.807) is 5.56 Å². The molecule has 1 saturated carbocycles. The fourth-order valence-electron chi connectivity index (χ4n) is 6.97. The van der Waals surface area contributed by atoms with Crippen molar-refractivity contribution >= 4 is 11.4 Å². The SMILES string of the molecule is CCCCN1CCN(c2ccc(N3CCCC3COC)cc2C2CCC(CC)(CC)CC2)CC1. The largest absolute Gasteiger partial charge is 0.383 e. The molecule has 1 aliphatic carbocycles. The minimum absolute atomic E-state index is 0.532. The predicted octanol–water partition coefficient (Wildman–Crippen LogP) is 6.69. The van der Waals surface area contributed by atoms with Crippen molar-refractivity contribution in [1.82, 2.24) is 4.90 Å². The van der Waals surface area contributed by atoms with Crippen LogP contribution in [0.5, 0.6) is 0 Å². The topological polar surface area (TPSA) is 19.0 Å². The molecule has 2 saturated heterocycles. The molecule has 192 valence electrons. The number of piperazine rings is 1. The van der Waals surface area contributed by atoms with Crippen molar-refractivity contribution in [2.75, 3.05) is 62.8 Å². The first-order valence-corrected chi connectivity index (χ1v) is 14.5. The number of benzene rings is 1. The molecule has 3 aliphatic rings. The van der Waals surface area contributed by atoms with Crippen LogP contribution in [0.1, 0.15) is 96.5 Å². The van der Waals surface area contributed by atoms with Crippen molar-refractivity contribution in [3.8, 4) is 0 Å². The molecule has 0 aromatic heterocycles. The molecule has 4 rings (SSSR count). The molecule has 1 atom stereocenters. The highest BCUT2D eigenvalue weighted by atomic mass is 16.5. The Morgan fingerprint density at radius 2 is 1.68 bits per heavy atom. The van der Waals surface area contributed by atoms with Gasteiger partial charge in [-0.2, -0.15) is 0 Å². The molecule has 2 aliphatic heterocycles. The van der Waals surface area contributed by atoms with E-state index in [0.29, 0.717) is 17.4 Å². The van der Waals surface area contributed by atoms with Crippen LogP contribution in [-0.4, -0.2) is 63.9 Å². The smallest absolute Gasteiger partial charge is 0.0666 e. The van der Waals surface area contributed by atoms with Gasteiger partial charge in [0.05, 0.1) is 12.6 Å². The van der Waals surface area contributed by atoms with Crippen LogP contribution in [0, 0.1) is 5.41 Å². The Kier molecular flexibility index (Phi) is 9.21. The van der Waals surface area contributed by atoms with Crippen LogP contribution in [0.15, 0.2) is 18.2 Å². The highest BCUT2D eigenvalue weighted by molar-refractivity contribution is 5.64. The Morgan fingerprint density at radius 3 is 2.32 bits per heavy atom. The second kappa shape index (κ2) is 12.1. The number of hydrogen-bond donors (Lipinski definition) is 0. The van der Waals surface area contributed by atoms with E-state index in [1.807, 2.05) is 7.11 Å². The van der Waals surface area contributed by atoms with Crippen LogP contribution in [0.3, 0.4) is 0 Å². The maximum atomic E-state index is 5.57. The molecule has 1 aromatic rings. The highest BCUT2D eigenvalue weighted by Crippen LogP contribution is 2.49. The lowest BCUT2D eigenvalue weighted by Gasteiger charge is -2.42. The van der Waals surface area contributed by atoms with Gasteiger partial charge < -0.3 is 14.5 Å². The van der Waals surface area contributed by atoms with Gasteiger partial charge in [-0.05, 0) is 86.6 Å². The number of ether oxygens (including phenoxy) is 1.